The van der Waals surface area contributed by atoms with E-state index in [0.29, 0.717) is 12.5 Å². The number of ether oxygens (including phenoxy) is 1. The van der Waals surface area contributed by atoms with Gasteiger partial charge in [-0.25, -0.2) is 0 Å². The largest absolute Gasteiger partial charge is 0.373 e. The topological polar surface area (TPSA) is 47.4 Å². The Kier molecular flexibility index (Phi) is 5.00. The van der Waals surface area contributed by atoms with Crippen LogP contribution in [0.15, 0.2) is 12.4 Å². The lowest BCUT2D eigenvalue weighted by Crippen LogP contribution is -2.46. The van der Waals surface area contributed by atoms with Crippen LogP contribution in [-0.2, 0) is 16.1 Å². The Morgan fingerprint density at radius 3 is 2.83 bits per heavy atom. The number of hydrogen-bond acceptors (Lipinski definition) is 3. The molecule has 2 aliphatic rings. The smallest absolute Gasteiger partial charge is 0.228 e. The van der Waals surface area contributed by atoms with Crippen molar-refractivity contribution < 1.29 is 9.53 Å². The van der Waals surface area contributed by atoms with Crippen LogP contribution in [0.1, 0.15) is 58.6 Å². The lowest BCUT2D eigenvalue weighted by atomic mass is 9.76. The first-order valence-electron chi connectivity index (χ1n) is 9.33. The van der Waals surface area contributed by atoms with Gasteiger partial charge < -0.3 is 9.64 Å². The van der Waals surface area contributed by atoms with Gasteiger partial charge in [0.1, 0.15) is 0 Å². The molecule has 24 heavy (non-hydrogen) atoms. The van der Waals surface area contributed by atoms with E-state index in [-0.39, 0.29) is 23.3 Å². The third-order valence-corrected chi connectivity index (χ3v) is 5.67. The van der Waals surface area contributed by atoms with Gasteiger partial charge in [-0.1, -0.05) is 20.8 Å². The summed E-state index contributed by atoms with van der Waals surface area (Å²) >= 11 is 0. The van der Waals surface area contributed by atoms with Crippen molar-refractivity contribution in [3.63, 3.8) is 0 Å². The fourth-order valence-corrected chi connectivity index (χ4v) is 3.99. The van der Waals surface area contributed by atoms with Gasteiger partial charge in [0.05, 0.1) is 18.2 Å². The molecule has 0 saturated carbocycles. The van der Waals surface area contributed by atoms with Crippen molar-refractivity contribution in [3.8, 4) is 0 Å². The maximum absolute atomic E-state index is 13.2. The Hall–Kier alpha value is -1.36. The predicted molar refractivity (Wildman–Crippen MR) is 93.5 cm³/mol. The average molecular weight is 333 g/mol. The second-order valence-corrected chi connectivity index (χ2v) is 8.31. The van der Waals surface area contributed by atoms with Crippen LogP contribution < -0.4 is 0 Å². The van der Waals surface area contributed by atoms with E-state index >= 15 is 0 Å². The summed E-state index contributed by atoms with van der Waals surface area (Å²) in [5.41, 5.74) is 1.30. The van der Waals surface area contributed by atoms with E-state index in [1.807, 2.05) is 17.1 Å². The fourth-order valence-electron chi connectivity index (χ4n) is 3.99. The number of likely N-dealkylation sites (tertiary alicyclic amines) is 1. The minimum absolute atomic E-state index is 0.0572. The quantitative estimate of drug-likeness (QED) is 0.853. The molecule has 1 aromatic heterocycles. The first-order valence-corrected chi connectivity index (χ1v) is 9.33. The van der Waals surface area contributed by atoms with Crippen LogP contribution in [0.3, 0.4) is 0 Å². The molecule has 2 fully saturated rings. The van der Waals surface area contributed by atoms with Gasteiger partial charge in [0.25, 0.3) is 0 Å². The Labute approximate surface area is 145 Å². The SMILES string of the molecule is CCn1cc([C@H]2OCC[C@@H]2C(=O)N2CCCC(C(C)(C)C)C2)cn1. The third-order valence-electron chi connectivity index (χ3n) is 5.67. The van der Waals surface area contributed by atoms with Crippen LogP contribution in [0, 0.1) is 17.3 Å². The van der Waals surface area contributed by atoms with Crippen molar-refractivity contribution >= 4 is 5.91 Å². The number of aromatic nitrogens is 2. The molecule has 2 saturated heterocycles. The maximum Gasteiger partial charge on any atom is 0.228 e. The molecular weight excluding hydrogens is 302 g/mol. The van der Waals surface area contributed by atoms with Crippen LogP contribution in [-0.4, -0.2) is 40.3 Å². The Morgan fingerprint density at radius 2 is 2.17 bits per heavy atom. The highest BCUT2D eigenvalue weighted by molar-refractivity contribution is 5.80. The average Bonchev–Trinajstić information content (AvgIpc) is 3.22. The van der Waals surface area contributed by atoms with Crippen LogP contribution in [0.5, 0.6) is 0 Å². The molecule has 3 atom stereocenters. The summed E-state index contributed by atoms with van der Waals surface area (Å²) in [6.07, 6.45) is 6.89. The van der Waals surface area contributed by atoms with E-state index < -0.39 is 0 Å². The van der Waals surface area contributed by atoms with Crippen molar-refractivity contribution in [2.75, 3.05) is 19.7 Å². The van der Waals surface area contributed by atoms with Crippen molar-refractivity contribution in [1.29, 1.82) is 0 Å². The van der Waals surface area contributed by atoms with Gasteiger partial charge >= 0.3 is 0 Å². The van der Waals surface area contributed by atoms with Gasteiger partial charge in [0.15, 0.2) is 0 Å². The van der Waals surface area contributed by atoms with Crippen LogP contribution in [0.4, 0.5) is 0 Å². The fraction of sp³-hybridized carbons (Fsp3) is 0.789. The maximum atomic E-state index is 13.2. The molecule has 1 aromatic rings. The van der Waals surface area contributed by atoms with E-state index in [2.05, 4.69) is 37.7 Å². The molecule has 1 unspecified atom stereocenters. The molecular formula is C19H31N3O2. The van der Waals surface area contributed by atoms with Gasteiger partial charge in [-0.2, -0.15) is 5.10 Å². The van der Waals surface area contributed by atoms with E-state index in [0.717, 1.165) is 38.0 Å². The van der Waals surface area contributed by atoms with Crippen molar-refractivity contribution in [2.24, 2.45) is 17.3 Å². The molecule has 134 valence electrons. The van der Waals surface area contributed by atoms with E-state index in [1.165, 1.54) is 6.42 Å². The predicted octanol–water partition coefficient (Wildman–Crippen LogP) is 3.27. The Morgan fingerprint density at radius 1 is 1.38 bits per heavy atom. The summed E-state index contributed by atoms with van der Waals surface area (Å²) in [5, 5.41) is 4.34. The number of aryl methyl sites for hydroxylation is 1. The first-order chi connectivity index (χ1) is 11.4. The van der Waals surface area contributed by atoms with Gasteiger partial charge in [-0.15, -0.1) is 0 Å². The zero-order valence-electron chi connectivity index (χ0n) is 15.5. The molecule has 0 aliphatic carbocycles. The number of rotatable bonds is 3. The lowest BCUT2D eigenvalue weighted by Gasteiger charge is -2.40. The van der Waals surface area contributed by atoms with Crippen LogP contribution in [0.2, 0.25) is 0 Å². The van der Waals surface area contributed by atoms with Crippen molar-refractivity contribution in [3.05, 3.63) is 18.0 Å². The highest BCUT2D eigenvalue weighted by Crippen LogP contribution is 2.38. The van der Waals surface area contributed by atoms with Gasteiger partial charge in [-0.05, 0) is 37.5 Å². The number of piperidine rings is 1. The summed E-state index contributed by atoms with van der Waals surface area (Å²) in [5.74, 6) is 0.799. The number of hydrogen-bond donors (Lipinski definition) is 0. The molecule has 5 heteroatoms. The summed E-state index contributed by atoms with van der Waals surface area (Å²) < 4.78 is 7.81. The van der Waals surface area contributed by atoms with Gasteiger partial charge in [0, 0.05) is 38.0 Å². The molecule has 2 aliphatic heterocycles. The Balaban J connectivity index is 1.71. The minimum Gasteiger partial charge on any atom is -0.373 e. The second-order valence-electron chi connectivity index (χ2n) is 8.31. The number of carbonyl (C=O) groups excluding carboxylic acids is 1. The van der Waals surface area contributed by atoms with Gasteiger partial charge in [-0.3, -0.25) is 9.48 Å². The van der Waals surface area contributed by atoms with Gasteiger partial charge in [0.2, 0.25) is 5.91 Å². The van der Waals surface area contributed by atoms with Crippen molar-refractivity contribution in [1.82, 2.24) is 14.7 Å². The van der Waals surface area contributed by atoms with Crippen LogP contribution in [0.25, 0.3) is 0 Å². The molecule has 3 rings (SSSR count). The number of amides is 1. The molecule has 5 nitrogen and oxygen atoms in total. The monoisotopic (exact) mass is 333 g/mol. The summed E-state index contributed by atoms with van der Waals surface area (Å²) in [6, 6.07) is 0. The molecule has 0 aromatic carbocycles. The highest BCUT2D eigenvalue weighted by Gasteiger charge is 2.40. The third kappa shape index (κ3) is 3.51. The number of nitrogens with zero attached hydrogens (tertiary/aromatic N) is 3. The lowest BCUT2D eigenvalue weighted by molar-refractivity contribution is -0.140. The molecule has 1 amide bonds. The first kappa shape index (κ1) is 17.5. The van der Waals surface area contributed by atoms with E-state index in [1.54, 1.807) is 0 Å². The molecule has 0 spiro atoms. The summed E-state index contributed by atoms with van der Waals surface area (Å²) in [7, 11) is 0. The summed E-state index contributed by atoms with van der Waals surface area (Å²) in [6.45, 7) is 12.2. The van der Waals surface area contributed by atoms with E-state index in [9.17, 15) is 4.79 Å². The van der Waals surface area contributed by atoms with Crippen LogP contribution >= 0.6 is 0 Å². The minimum atomic E-state index is -0.132. The molecule has 3 heterocycles. The highest BCUT2D eigenvalue weighted by atomic mass is 16.5. The molecule has 0 radical (unpaired) electrons. The standard InChI is InChI=1S/C19H31N3O2/c1-5-22-12-14(11-20-22)17-16(8-10-24-17)18(23)21-9-6-7-15(13-21)19(2,3)4/h11-12,15-17H,5-10,13H2,1-4H3/t15?,16-,17+/m0/s1. The van der Waals surface area contributed by atoms with Crippen molar-refractivity contribution in [2.45, 2.75) is 59.6 Å². The number of carbonyl (C=O) groups is 1. The normalized spacial score (nSPS) is 28.3. The zero-order chi connectivity index (χ0) is 17.3. The molecule has 0 bridgehead atoms. The molecule has 0 N–H and O–H groups in total. The zero-order valence-corrected chi connectivity index (χ0v) is 15.5. The van der Waals surface area contributed by atoms with E-state index in [4.69, 9.17) is 4.74 Å². The summed E-state index contributed by atoms with van der Waals surface area (Å²) in [4.78, 5) is 15.2. The Bertz CT molecular complexity index is 575. The second kappa shape index (κ2) is 6.87.